The number of fused-ring (bicyclic) bond motifs is 1. The molecule has 2 rings (SSSR count). The molecule has 1 aromatic carbocycles. The Hall–Kier alpha value is -2.21. The minimum Gasteiger partial charge on any atom is -0.478 e. The summed E-state index contributed by atoms with van der Waals surface area (Å²) in [6.07, 6.45) is 1.53. The van der Waals surface area contributed by atoms with Crippen LogP contribution in [0.1, 0.15) is 23.7 Å². The van der Waals surface area contributed by atoms with E-state index in [9.17, 15) is 18.8 Å². The van der Waals surface area contributed by atoms with Gasteiger partial charge >= 0.3 is 5.97 Å². The number of Topliss-reactive ketones (excluding diaryl/α,β-unsaturated/α-hetero) is 1. The van der Waals surface area contributed by atoms with Crippen LogP contribution in [-0.2, 0) is 9.59 Å². The highest BCUT2D eigenvalue weighted by atomic mass is 35.5. The quantitative estimate of drug-likeness (QED) is 0.684. The van der Waals surface area contributed by atoms with Crippen LogP contribution < -0.4 is 4.90 Å². The maximum atomic E-state index is 13.9. The highest BCUT2D eigenvalue weighted by molar-refractivity contribution is 6.55. The SMILES string of the molecule is CCC(=CCN1C(=O)C(=O)c2c(Cl)ccc(F)c21)C(=O)O. The third-order valence-electron chi connectivity index (χ3n) is 3.19. The van der Waals surface area contributed by atoms with Gasteiger partial charge in [-0.25, -0.2) is 9.18 Å². The second kappa shape index (κ2) is 5.65. The molecule has 0 atom stereocenters. The monoisotopic (exact) mass is 311 g/mol. The number of amides is 1. The highest BCUT2D eigenvalue weighted by Crippen LogP contribution is 2.36. The average molecular weight is 312 g/mol. The van der Waals surface area contributed by atoms with E-state index in [0.29, 0.717) is 0 Å². The van der Waals surface area contributed by atoms with E-state index in [2.05, 4.69) is 0 Å². The second-order valence-corrected chi connectivity index (χ2v) is 4.79. The molecule has 0 radical (unpaired) electrons. The minimum atomic E-state index is -1.12. The fourth-order valence-corrected chi connectivity index (χ4v) is 2.35. The first-order valence-corrected chi connectivity index (χ1v) is 6.52. The van der Waals surface area contributed by atoms with Gasteiger partial charge in [-0.2, -0.15) is 0 Å². The van der Waals surface area contributed by atoms with E-state index in [1.54, 1.807) is 6.92 Å². The van der Waals surface area contributed by atoms with Gasteiger partial charge in [-0.1, -0.05) is 24.6 Å². The van der Waals surface area contributed by atoms with Gasteiger partial charge in [-0.05, 0) is 18.6 Å². The number of aliphatic carboxylic acids is 1. The Labute approximate surface area is 124 Å². The zero-order chi connectivity index (χ0) is 15.7. The molecule has 0 aromatic heterocycles. The Bertz CT molecular complexity index is 684. The Kier molecular flexibility index (Phi) is 4.09. The topological polar surface area (TPSA) is 74.7 Å². The summed E-state index contributed by atoms with van der Waals surface area (Å²) in [4.78, 5) is 35.6. The molecule has 0 saturated carbocycles. The maximum absolute atomic E-state index is 13.9. The first kappa shape index (κ1) is 15.2. The fourth-order valence-electron chi connectivity index (χ4n) is 2.11. The number of benzene rings is 1. The van der Waals surface area contributed by atoms with Crippen LogP contribution >= 0.6 is 11.6 Å². The molecular weight excluding hydrogens is 301 g/mol. The molecule has 0 unspecified atom stereocenters. The molecule has 5 nitrogen and oxygen atoms in total. The molecule has 0 fully saturated rings. The number of hydrogen-bond donors (Lipinski definition) is 1. The molecule has 1 heterocycles. The molecule has 1 aliphatic heterocycles. The van der Waals surface area contributed by atoms with Crippen molar-refractivity contribution >= 4 is 34.9 Å². The Morgan fingerprint density at radius 2 is 2.10 bits per heavy atom. The number of nitrogens with zero attached hydrogens (tertiary/aromatic N) is 1. The molecule has 0 aliphatic carbocycles. The van der Waals surface area contributed by atoms with E-state index in [1.807, 2.05) is 0 Å². The molecule has 1 amide bonds. The molecule has 1 aliphatic rings. The fraction of sp³-hybridized carbons (Fsp3) is 0.214. The van der Waals surface area contributed by atoms with Crippen molar-refractivity contribution in [1.29, 1.82) is 0 Å². The summed E-state index contributed by atoms with van der Waals surface area (Å²) >= 11 is 5.83. The summed E-state index contributed by atoms with van der Waals surface area (Å²) in [6.45, 7) is 1.44. The van der Waals surface area contributed by atoms with Crippen LogP contribution in [0.2, 0.25) is 5.02 Å². The van der Waals surface area contributed by atoms with E-state index in [4.69, 9.17) is 16.7 Å². The number of carbonyl (C=O) groups excluding carboxylic acids is 2. The molecule has 0 saturated heterocycles. The van der Waals surface area contributed by atoms with Crippen LogP contribution in [-0.4, -0.2) is 29.3 Å². The van der Waals surface area contributed by atoms with Gasteiger partial charge in [0.05, 0.1) is 16.3 Å². The van der Waals surface area contributed by atoms with Crippen molar-refractivity contribution in [3.8, 4) is 0 Å². The smallest absolute Gasteiger partial charge is 0.331 e. The lowest BCUT2D eigenvalue weighted by atomic mass is 10.1. The van der Waals surface area contributed by atoms with E-state index in [0.717, 1.165) is 11.0 Å². The molecule has 0 spiro atoms. The van der Waals surface area contributed by atoms with Crippen LogP contribution in [0.3, 0.4) is 0 Å². The standard InChI is InChI=1S/C14H11ClFNO4/c1-2-7(14(20)21)5-6-17-11-9(16)4-3-8(15)10(11)12(18)13(17)19/h3-5H,2,6H2,1H3,(H,20,21). The summed E-state index contributed by atoms with van der Waals surface area (Å²) in [6, 6.07) is 2.26. The number of rotatable bonds is 4. The van der Waals surface area contributed by atoms with Gasteiger partial charge in [-0.15, -0.1) is 0 Å². The van der Waals surface area contributed by atoms with Crippen molar-refractivity contribution < 1.29 is 23.9 Å². The highest BCUT2D eigenvalue weighted by Gasteiger charge is 2.39. The molecule has 1 N–H and O–H groups in total. The zero-order valence-corrected chi connectivity index (χ0v) is 11.8. The molecule has 1 aromatic rings. The number of hydrogen-bond acceptors (Lipinski definition) is 3. The zero-order valence-electron chi connectivity index (χ0n) is 11.0. The van der Waals surface area contributed by atoms with Gasteiger partial charge in [0, 0.05) is 12.1 Å². The Balaban J connectivity index is 2.45. The summed E-state index contributed by atoms with van der Waals surface area (Å²) in [5.74, 6) is -3.69. The third-order valence-corrected chi connectivity index (χ3v) is 3.51. The molecule has 110 valence electrons. The number of carboxylic acid groups (broad SMARTS) is 1. The number of carbonyl (C=O) groups is 3. The van der Waals surface area contributed by atoms with Crippen molar-refractivity contribution in [2.24, 2.45) is 0 Å². The van der Waals surface area contributed by atoms with Crippen LogP contribution in [0.5, 0.6) is 0 Å². The predicted octanol–water partition coefficient (Wildman–Crippen LogP) is 2.43. The van der Waals surface area contributed by atoms with Crippen molar-refractivity contribution in [2.45, 2.75) is 13.3 Å². The van der Waals surface area contributed by atoms with Crippen molar-refractivity contribution in [2.75, 3.05) is 11.4 Å². The lowest BCUT2D eigenvalue weighted by Gasteiger charge is -2.15. The minimum absolute atomic E-state index is 0.00909. The second-order valence-electron chi connectivity index (χ2n) is 4.39. The van der Waals surface area contributed by atoms with Crippen molar-refractivity contribution in [3.05, 3.63) is 40.2 Å². The summed E-state index contributed by atoms with van der Waals surface area (Å²) in [5, 5.41) is 8.92. The normalized spacial score (nSPS) is 14.6. The van der Waals surface area contributed by atoms with Gasteiger partial charge in [0.1, 0.15) is 5.82 Å². The van der Waals surface area contributed by atoms with Crippen LogP contribution in [0, 0.1) is 5.82 Å². The van der Waals surface area contributed by atoms with Gasteiger partial charge in [0.15, 0.2) is 0 Å². The van der Waals surface area contributed by atoms with Crippen molar-refractivity contribution in [1.82, 2.24) is 0 Å². The van der Waals surface area contributed by atoms with E-state index in [-0.39, 0.29) is 34.8 Å². The first-order chi connectivity index (χ1) is 9.88. The number of carboxylic acids is 1. The van der Waals surface area contributed by atoms with E-state index >= 15 is 0 Å². The van der Waals surface area contributed by atoms with Crippen molar-refractivity contribution in [3.63, 3.8) is 0 Å². The lowest BCUT2D eigenvalue weighted by molar-refractivity contribution is -0.132. The summed E-state index contributed by atoms with van der Waals surface area (Å²) < 4.78 is 13.9. The van der Waals surface area contributed by atoms with Crippen LogP contribution in [0.25, 0.3) is 0 Å². The van der Waals surface area contributed by atoms with Crippen LogP contribution in [0.15, 0.2) is 23.8 Å². The van der Waals surface area contributed by atoms with Gasteiger partial charge in [0.25, 0.3) is 11.7 Å². The number of ketones is 1. The Morgan fingerprint density at radius 1 is 1.43 bits per heavy atom. The largest absolute Gasteiger partial charge is 0.478 e. The summed E-state index contributed by atoms with van der Waals surface area (Å²) in [7, 11) is 0. The van der Waals surface area contributed by atoms with Gasteiger partial charge in [0.2, 0.25) is 0 Å². The van der Waals surface area contributed by atoms with Gasteiger partial charge in [-0.3, -0.25) is 14.5 Å². The van der Waals surface area contributed by atoms with E-state index < -0.39 is 23.5 Å². The Morgan fingerprint density at radius 3 is 2.67 bits per heavy atom. The molecule has 0 bridgehead atoms. The maximum Gasteiger partial charge on any atom is 0.331 e. The van der Waals surface area contributed by atoms with E-state index in [1.165, 1.54) is 12.1 Å². The predicted molar refractivity (Wildman–Crippen MR) is 74.1 cm³/mol. The molecule has 7 heteroatoms. The number of anilines is 1. The third kappa shape index (κ3) is 2.54. The van der Waals surface area contributed by atoms with Crippen LogP contribution in [0.4, 0.5) is 10.1 Å². The first-order valence-electron chi connectivity index (χ1n) is 6.15. The summed E-state index contributed by atoms with van der Waals surface area (Å²) in [5.41, 5.74) is -0.302. The van der Waals surface area contributed by atoms with Gasteiger partial charge < -0.3 is 5.11 Å². The molecule has 21 heavy (non-hydrogen) atoms. The molecular formula is C14H11ClFNO4. The lowest BCUT2D eigenvalue weighted by Crippen LogP contribution is -2.30. The number of halogens is 2. The average Bonchev–Trinajstić information content (AvgIpc) is 2.69.